The standard InChI is InChI=1S/C32H42O6Si/c1-32(2,3)39(4,5)38-28(30(33)34)29(31(35)37-23-25-15-8-6-9-16-25)36-21-13-7-10-14-24-19-20-26-17-11-12-18-27(26)22-24/h6,8-9,11-12,15-20,22,28-29H,7,10,13-14,21,23H2,1-5H3,(H,33,34). The maximum atomic E-state index is 13.1. The number of aryl methyl sites for hydroxylation is 1. The van der Waals surface area contributed by atoms with E-state index in [4.69, 9.17) is 13.9 Å². The van der Waals surface area contributed by atoms with Crippen LogP contribution in [-0.2, 0) is 36.5 Å². The Morgan fingerprint density at radius 1 is 0.821 bits per heavy atom. The Morgan fingerprint density at radius 3 is 2.15 bits per heavy atom. The van der Waals surface area contributed by atoms with Crippen molar-refractivity contribution in [2.75, 3.05) is 6.61 Å². The summed E-state index contributed by atoms with van der Waals surface area (Å²) >= 11 is 0. The summed E-state index contributed by atoms with van der Waals surface area (Å²) in [6.07, 6.45) is 0.711. The summed E-state index contributed by atoms with van der Waals surface area (Å²) in [7, 11) is -2.51. The Labute approximate surface area is 233 Å². The minimum atomic E-state index is -2.51. The zero-order valence-electron chi connectivity index (χ0n) is 23.8. The van der Waals surface area contributed by atoms with Crippen molar-refractivity contribution in [1.82, 2.24) is 0 Å². The molecule has 3 aromatic carbocycles. The molecular formula is C32H42O6Si. The minimum Gasteiger partial charge on any atom is -0.479 e. The van der Waals surface area contributed by atoms with Gasteiger partial charge in [-0.1, -0.05) is 100.0 Å². The van der Waals surface area contributed by atoms with Crippen LogP contribution in [0.2, 0.25) is 18.1 Å². The molecule has 39 heavy (non-hydrogen) atoms. The molecule has 0 radical (unpaired) electrons. The van der Waals surface area contributed by atoms with Crippen LogP contribution >= 0.6 is 0 Å². The van der Waals surface area contributed by atoms with Crippen LogP contribution in [0.1, 0.15) is 51.2 Å². The van der Waals surface area contributed by atoms with E-state index >= 15 is 0 Å². The first-order chi connectivity index (χ1) is 18.5. The van der Waals surface area contributed by atoms with Gasteiger partial charge in [0.25, 0.3) is 0 Å². The highest BCUT2D eigenvalue weighted by molar-refractivity contribution is 6.74. The van der Waals surface area contributed by atoms with Crippen molar-refractivity contribution >= 4 is 31.0 Å². The molecule has 3 aromatic rings. The van der Waals surface area contributed by atoms with Gasteiger partial charge < -0.3 is 19.0 Å². The molecule has 0 bridgehead atoms. The number of aliphatic carboxylic acids is 1. The van der Waals surface area contributed by atoms with E-state index in [-0.39, 0.29) is 18.3 Å². The first-order valence-corrected chi connectivity index (χ1v) is 16.6. The first kappa shape index (κ1) is 30.5. The largest absolute Gasteiger partial charge is 0.479 e. The lowest BCUT2D eigenvalue weighted by atomic mass is 10.0. The van der Waals surface area contributed by atoms with E-state index in [1.165, 1.54) is 16.3 Å². The van der Waals surface area contributed by atoms with Crippen LogP contribution in [0.4, 0.5) is 0 Å². The van der Waals surface area contributed by atoms with Crippen molar-refractivity contribution in [3.8, 4) is 0 Å². The summed E-state index contributed by atoms with van der Waals surface area (Å²) in [5.41, 5.74) is 2.10. The molecule has 2 atom stereocenters. The van der Waals surface area contributed by atoms with E-state index in [0.29, 0.717) is 6.42 Å². The number of benzene rings is 3. The summed E-state index contributed by atoms with van der Waals surface area (Å²) in [5, 5.41) is 12.3. The van der Waals surface area contributed by atoms with E-state index < -0.39 is 32.5 Å². The predicted octanol–water partition coefficient (Wildman–Crippen LogP) is 7.16. The molecule has 0 fully saturated rings. The van der Waals surface area contributed by atoms with Crippen molar-refractivity contribution in [3.05, 3.63) is 83.9 Å². The molecule has 0 amide bonds. The summed E-state index contributed by atoms with van der Waals surface area (Å²) in [5.74, 6) is -1.95. The molecule has 3 rings (SSSR count). The minimum absolute atomic E-state index is 0.0394. The van der Waals surface area contributed by atoms with Crippen molar-refractivity contribution in [1.29, 1.82) is 0 Å². The lowest BCUT2D eigenvalue weighted by Crippen LogP contribution is -2.53. The van der Waals surface area contributed by atoms with E-state index in [0.717, 1.165) is 24.8 Å². The number of unbranched alkanes of at least 4 members (excludes halogenated alkanes) is 2. The molecule has 210 valence electrons. The lowest BCUT2D eigenvalue weighted by Gasteiger charge is -2.39. The maximum absolute atomic E-state index is 13.1. The van der Waals surface area contributed by atoms with E-state index in [1.54, 1.807) is 0 Å². The zero-order chi connectivity index (χ0) is 28.5. The van der Waals surface area contributed by atoms with Gasteiger partial charge in [0, 0.05) is 6.61 Å². The number of carboxylic acids is 1. The van der Waals surface area contributed by atoms with Crippen LogP contribution < -0.4 is 0 Å². The number of ether oxygens (including phenoxy) is 2. The van der Waals surface area contributed by atoms with Crippen LogP contribution in [0.5, 0.6) is 0 Å². The van der Waals surface area contributed by atoms with Gasteiger partial charge in [-0.2, -0.15) is 0 Å². The van der Waals surface area contributed by atoms with Gasteiger partial charge >= 0.3 is 11.9 Å². The molecule has 0 aromatic heterocycles. The lowest BCUT2D eigenvalue weighted by molar-refractivity contribution is -0.175. The van der Waals surface area contributed by atoms with Gasteiger partial charge in [-0.25, -0.2) is 9.59 Å². The van der Waals surface area contributed by atoms with Gasteiger partial charge in [0.05, 0.1) is 0 Å². The Kier molecular flexibility index (Phi) is 10.9. The van der Waals surface area contributed by atoms with Crippen LogP contribution in [0, 0.1) is 0 Å². The second-order valence-corrected chi connectivity index (χ2v) is 16.3. The van der Waals surface area contributed by atoms with Crippen molar-refractivity contribution in [2.24, 2.45) is 0 Å². The second-order valence-electron chi connectivity index (χ2n) is 11.5. The number of hydrogen-bond acceptors (Lipinski definition) is 5. The monoisotopic (exact) mass is 550 g/mol. The van der Waals surface area contributed by atoms with E-state index in [9.17, 15) is 14.7 Å². The van der Waals surface area contributed by atoms with Gasteiger partial charge in [0.1, 0.15) is 6.61 Å². The van der Waals surface area contributed by atoms with E-state index in [2.05, 4.69) is 30.3 Å². The van der Waals surface area contributed by atoms with Gasteiger partial charge in [-0.15, -0.1) is 0 Å². The zero-order valence-corrected chi connectivity index (χ0v) is 24.8. The summed E-state index contributed by atoms with van der Waals surface area (Å²) in [6, 6.07) is 24.1. The highest BCUT2D eigenvalue weighted by Gasteiger charge is 2.46. The fourth-order valence-corrected chi connectivity index (χ4v) is 5.25. The fraction of sp³-hybridized carbons (Fsp3) is 0.438. The molecule has 0 spiro atoms. The number of carbonyl (C=O) groups is 2. The third-order valence-corrected chi connectivity index (χ3v) is 11.9. The number of carbonyl (C=O) groups excluding carboxylic acids is 1. The Morgan fingerprint density at radius 2 is 1.49 bits per heavy atom. The van der Waals surface area contributed by atoms with Gasteiger partial charge in [0.15, 0.2) is 20.5 Å². The van der Waals surface area contributed by atoms with Gasteiger partial charge in [-0.05, 0) is 59.3 Å². The number of esters is 1. The SMILES string of the molecule is CC(C)(C)[Si](C)(C)OC(C(=O)O)C(OCCCCCc1ccc2ccccc2c1)C(=O)OCc1ccccc1. The van der Waals surface area contributed by atoms with Crippen molar-refractivity contribution in [3.63, 3.8) is 0 Å². The normalized spacial score (nSPS) is 13.7. The highest BCUT2D eigenvalue weighted by Crippen LogP contribution is 2.38. The molecule has 2 unspecified atom stereocenters. The molecule has 0 saturated carbocycles. The summed E-state index contributed by atoms with van der Waals surface area (Å²) in [4.78, 5) is 25.5. The highest BCUT2D eigenvalue weighted by atomic mass is 28.4. The van der Waals surface area contributed by atoms with Crippen LogP contribution in [-0.4, -0.2) is 44.2 Å². The smallest absolute Gasteiger partial charge is 0.338 e. The molecule has 7 heteroatoms. The average Bonchev–Trinajstić information content (AvgIpc) is 2.90. The first-order valence-electron chi connectivity index (χ1n) is 13.7. The third kappa shape index (κ3) is 9.02. The number of carboxylic acid groups (broad SMARTS) is 1. The molecule has 0 aliphatic heterocycles. The Hall–Kier alpha value is -3.00. The van der Waals surface area contributed by atoms with E-state index in [1.807, 2.05) is 76.3 Å². The summed E-state index contributed by atoms with van der Waals surface area (Å²) in [6.45, 7) is 10.3. The number of hydrogen-bond donors (Lipinski definition) is 1. The fourth-order valence-electron chi connectivity index (χ4n) is 4.04. The predicted molar refractivity (Wildman–Crippen MR) is 157 cm³/mol. The summed E-state index contributed by atoms with van der Waals surface area (Å²) < 4.78 is 17.6. The average molecular weight is 551 g/mol. The molecular weight excluding hydrogens is 508 g/mol. The van der Waals surface area contributed by atoms with Crippen LogP contribution in [0.15, 0.2) is 72.8 Å². The topological polar surface area (TPSA) is 82.1 Å². The van der Waals surface area contributed by atoms with Crippen LogP contribution in [0.25, 0.3) is 10.8 Å². The Bertz CT molecular complexity index is 1220. The number of fused-ring (bicyclic) bond motifs is 1. The molecule has 0 aliphatic rings. The molecule has 0 aliphatic carbocycles. The third-order valence-electron chi connectivity index (χ3n) is 7.42. The van der Waals surface area contributed by atoms with Crippen molar-refractivity contribution < 1.29 is 28.6 Å². The second kappa shape index (κ2) is 13.9. The molecule has 0 heterocycles. The maximum Gasteiger partial charge on any atom is 0.338 e. The van der Waals surface area contributed by atoms with Gasteiger partial charge in [0.2, 0.25) is 0 Å². The van der Waals surface area contributed by atoms with Crippen molar-refractivity contribution in [2.45, 2.75) is 83.4 Å². The molecule has 6 nitrogen and oxygen atoms in total. The molecule has 0 saturated heterocycles. The number of rotatable bonds is 14. The van der Waals surface area contributed by atoms with Crippen LogP contribution in [0.3, 0.4) is 0 Å². The quantitative estimate of drug-likeness (QED) is 0.130. The molecule has 1 N–H and O–H groups in total. The van der Waals surface area contributed by atoms with Gasteiger partial charge in [-0.3, -0.25) is 0 Å². The Balaban J connectivity index is 1.60.